The molecule has 1 saturated heterocycles. The summed E-state index contributed by atoms with van der Waals surface area (Å²) in [6.07, 6.45) is 5.59. The molecule has 6 heteroatoms. The van der Waals surface area contributed by atoms with E-state index in [1.807, 2.05) is 6.20 Å². The predicted octanol–water partition coefficient (Wildman–Crippen LogP) is 1.79. The number of rotatable bonds is 3. The molecule has 0 radical (unpaired) electrons. The number of fused-ring (bicyclic) bond motifs is 1. The predicted molar refractivity (Wildman–Crippen MR) is 71.6 cm³/mol. The molecule has 19 heavy (non-hydrogen) atoms. The Hall–Kier alpha value is -1.82. The third-order valence-electron chi connectivity index (χ3n) is 3.57. The van der Waals surface area contributed by atoms with Gasteiger partial charge in [0.05, 0.1) is 19.6 Å². The van der Waals surface area contributed by atoms with Crippen molar-refractivity contribution in [2.75, 3.05) is 20.8 Å². The average molecular weight is 262 g/mol. The number of hydrogen-bond acceptors (Lipinski definition) is 5. The smallest absolute Gasteiger partial charge is 0.321 e. The molecule has 1 aliphatic rings. The zero-order valence-electron chi connectivity index (χ0n) is 11.2. The first-order valence-corrected chi connectivity index (χ1v) is 6.54. The molecule has 0 bridgehead atoms. The van der Waals surface area contributed by atoms with Gasteiger partial charge in [-0.05, 0) is 19.4 Å². The fourth-order valence-corrected chi connectivity index (χ4v) is 2.63. The summed E-state index contributed by atoms with van der Waals surface area (Å²) in [6, 6.07) is 0.655. The fraction of sp³-hybridized carbons (Fsp3) is 0.538. The van der Waals surface area contributed by atoms with Crippen LogP contribution in [0.5, 0.6) is 11.9 Å². The van der Waals surface area contributed by atoms with Crippen molar-refractivity contribution in [3.63, 3.8) is 0 Å². The van der Waals surface area contributed by atoms with Crippen LogP contribution in [0, 0.1) is 0 Å². The van der Waals surface area contributed by atoms with E-state index in [4.69, 9.17) is 9.47 Å². The Morgan fingerprint density at radius 2 is 2.11 bits per heavy atom. The first kappa shape index (κ1) is 12.2. The van der Waals surface area contributed by atoms with E-state index in [2.05, 4.69) is 20.3 Å². The molecule has 0 saturated carbocycles. The van der Waals surface area contributed by atoms with Gasteiger partial charge >= 0.3 is 6.01 Å². The molecule has 2 aromatic heterocycles. The number of piperidine rings is 1. The fourth-order valence-electron chi connectivity index (χ4n) is 2.63. The van der Waals surface area contributed by atoms with Crippen LogP contribution in [-0.2, 0) is 0 Å². The number of aromatic nitrogens is 3. The summed E-state index contributed by atoms with van der Waals surface area (Å²) in [5, 5.41) is 4.48. The van der Waals surface area contributed by atoms with Gasteiger partial charge in [-0.15, -0.1) is 0 Å². The highest BCUT2D eigenvalue weighted by Gasteiger charge is 2.22. The minimum Gasteiger partial charge on any atom is -0.480 e. The van der Waals surface area contributed by atoms with Crippen molar-refractivity contribution in [3.05, 3.63) is 11.8 Å². The lowest BCUT2D eigenvalue weighted by atomic mass is 9.98. The quantitative estimate of drug-likeness (QED) is 0.882. The van der Waals surface area contributed by atoms with Crippen LogP contribution in [0.3, 0.4) is 0 Å². The molecule has 0 aromatic carbocycles. The van der Waals surface area contributed by atoms with E-state index in [0.717, 1.165) is 24.0 Å². The molecule has 1 aliphatic heterocycles. The first-order chi connectivity index (χ1) is 9.33. The SMILES string of the molecule is COc1nc(OC)c2c(C3CCCCN3)c[nH]c2n1. The second kappa shape index (κ2) is 5.05. The zero-order valence-corrected chi connectivity index (χ0v) is 11.2. The zero-order chi connectivity index (χ0) is 13.2. The van der Waals surface area contributed by atoms with Crippen LogP contribution in [0.2, 0.25) is 0 Å². The van der Waals surface area contributed by atoms with Gasteiger partial charge in [-0.25, -0.2) is 0 Å². The molecule has 2 N–H and O–H groups in total. The Bertz CT molecular complexity index is 575. The molecule has 6 nitrogen and oxygen atoms in total. The van der Waals surface area contributed by atoms with Gasteiger partial charge in [0.25, 0.3) is 0 Å². The molecule has 3 rings (SSSR count). The second-order valence-electron chi connectivity index (χ2n) is 4.69. The number of methoxy groups -OCH3 is 2. The van der Waals surface area contributed by atoms with E-state index in [1.54, 1.807) is 14.2 Å². The van der Waals surface area contributed by atoms with Crippen LogP contribution in [0.25, 0.3) is 11.0 Å². The maximum atomic E-state index is 5.38. The maximum absolute atomic E-state index is 5.38. The summed E-state index contributed by atoms with van der Waals surface area (Å²) in [7, 11) is 3.17. The van der Waals surface area contributed by atoms with E-state index in [-0.39, 0.29) is 0 Å². The highest BCUT2D eigenvalue weighted by Crippen LogP contribution is 2.34. The summed E-state index contributed by atoms with van der Waals surface area (Å²) in [5.74, 6) is 0.561. The molecular weight excluding hydrogens is 244 g/mol. The van der Waals surface area contributed by atoms with Gasteiger partial charge in [0.15, 0.2) is 0 Å². The molecule has 0 amide bonds. The highest BCUT2D eigenvalue weighted by atomic mass is 16.5. The summed E-state index contributed by atoms with van der Waals surface area (Å²) in [5.41, 5.74) is 1.93. The van der Waals surface area contributed by atoms with Gasteiger partial charge in [0.2, 0.25) is 5.88 Å². The molecular formula is C13H18N4O2. The maximum Gasteiger partial charge on any atom is 0.321 e. The van der Waals surface area contributed by atoms with E-state index in [1.165, 1.54) is 18.4 Å². The summed E-state index contributed by atoms with van der Waals surface area (Å²) >= 11 is 0. The van der Waals surface area contributed by atoms with Crippen molar-refractivity contribution in [2.45, 2.75) is 25.3 Å². The molecule has 2 aromatic rings. The summed E-state index contributed by atoms with van der Waals surface area (Å²) in [6.45, 7) is 1.05. The van der Waals surface area contributed by atoms with Gasteiger partial charge in [0.1, 0.15) is 5.65 Å². The lowest BCUT2D eigenvalue weighted by molar-refractivity contribution is 0.356. The van der Waals surface area contributed by atoms with Crippen LogP contribution >= 0.6 is 0 Å². The van der Waals surface area contributed by atoms with Crippen molar-refractivity contribution in [1.82, 2.24) is 20.3 Å². The first-order valence-electron chi connectivity index (χ1n) is 6.54. The monoisotopic (exact) mass is 262 g/mol. The largest absolute Gasteiger partial charge is 0.480 e. The van der Waals surface area contributed by atoms with Gasteiger partial charge in [0, 0.05) is 17.8 Å². The Labute approximate surface area is 111 Å². The van der Waals surface area contributed by atoms with Crippen molar-refractivity contribution < 1.29 is 9.47 Å². The van der Waals surface area contributed by atoms with Gasteiger partial charge in [-0.2, -0.15) is 9.97 Å². The van der Waals surface area contributed by atoms with Crippen LogP contribution in [-0.4, -0.2) is 35.7 Å². The normalized spacial score (nSPS) is 19.6. The van der Waals surface area contributed by atoms with Gasteiger partial charge in [-0.1, -0.05) is 6.42 Å². The molecule has 1 unspecified atom stereocenters. The number of aromatic amines is 1. The highest BCUT2D eigenvalue weighted by molar-refractivity contribution is 5.85. The summed E-state index contributed by atoms with van der Waals surface area (Å²) < 4.78 is 10.5. The Kier molecular flexibility index (Phi) is 3.25. The molecule has 0 spiro atoms. The number of nitrogens with zero attached hydrogens (tertiary/aromatic N) is 2. The standard InChI is InChI=1S/C13H18N4O2/c1-18-12-10-8(9-5-3-4-6-14-9)7-15-11(10)16-13(17-12)19-2/h7,9,14H,3-6H2,1-2H3,(H,15,16,17). The third-order valence-corrected chi connectivity index (χ3v) is 3.57. The van der Waals surface area contributed by atoms with Crippen LogP contribution < -0.4 is 14.8 Å². The summed E-state index contributed by atoms with van der Waals surface area (Å²) in [4.78, 5) is 11.8. The number of nitrogens with one attached hydrogen (secondary N) is 2. The molecule has 0 aliphatic carbocycles. The van der Waals surface area contributed by atoms with E-state index < -0.39 is 0 Å². The molecule has 1 fully saturated rings. The van der Waals surface area contributed by atoms with Gasteiger partial charge < -0.3 is 19.8 Å². The van der Waals surface area contributed by atoms with Crippen LogP contribution in [0.4, 0.5) is 0 Å². The third kappa shape index (κ3) is 2.12. The minimum atomic E-state index is 0.314. The number of H-pyrrole nitrogens is 1. The topological polar surface area (TPSA) is 72.1 Å². The second-order valence-corrected chi connectivity index (χ2v) is 4.69. The van der Waals surface area contributed by atoms with Crippen molar-refractivity contribution in [1.29, 1.82) is 0 Å². The molecule has 1 atom stereocenters. The van der Waals surface area contributed by atoms with Crippen molar-refractivity contribution in [3.8, 4) is 11.9 Å². The Morgan fingerprint density at radius 3 is 2.79 bits per heavy atom. The molecule has 3 heterocycles. The van der Waals surface area contributed by atoms with E-state index in [0.29, 0.717) is 17.9 Å². The lowest BCUT2D eigenvalue weighted by Crippen LogP contribution is -2.26. The van der Waals surface area contributed by atoms with Crippen molar-refractivity contribution in [2.24, 2.45) is 0 Å². The number of hydrogen-bond donors (Lipinski definition) is 2. The van der Waals surface area contributed by atoms with Crippen LogP contribution in [0.1, 0.15) is 30.9 Å². The van der Waals surface area contributed by atoms with Crippen LogP contribution in [0.15, 0.2) is 6.20 Å². The van der Waals surface area contributed by atoms with Gasteiger partial charge in [-0.3, -0.25) is 0 Å². The lowest BCUT2D eigenvalue weighted by Gasteiger charge is -2.23. The van der Waals surface area contributed by atoms with E-state index >= 15 is 0 Å². The Balaban J connectivity index is 2.10. The van der Waals surface area contributed by atoms with Crippen molar-refractivity contribution >= 4 is 11.0 Å². The number of ether oxygens (including phenoxy) is 2. The van der Waals surface area contributed by atoms with E-state index in [9.17, 15) is 0 Å². The minimum absolute atomic E-state index is 0.314. The Morgan fingerprint density at radius 1 is 1.21 bits per heavy atom. The molecule has 102 valence electrons. The average Bonchev–Trinajstić information content (AvgIpc) is 2.91.